The van der Waals surface area contributed by atoms with Crippen molar-refractivity contribution in [2.75, 3.05) is 0 Å². The summed E-state index contributed by atoms with van der Waals surface area (Å²) < 4.78 is 13.0. The fourth-order valence-corrected chi connectivity index (χ4v) is 4.93. The molecule has 9 nitrogen and oxygen atoms in total. The number of furan rings is 2. The average Bonchev–Trinajstić information content (AvgIpc) is 3.71. The number of tetrazole rings is 1. The molecular weight excluding hydrogens is 492 g/mol. The second-order valence-electron chi connectivity index (χ2n) is 9.72. The Morgan fingerprint density at radius 1 is 0.897 bits per heavy atom. The van der Waals surface area contributed by atoms with E-state index in [1.165, 1.54) is 0 Å². The van der Waals surface area contributed by atoms with Crippen LogP contribution in [0.25, 0.3) is 10.9 Å². The maximum atomic E-state index is 13.8. The lowest BCUT2D eigenvalue weighted by Crippen LogP contribution is -2.34. The molecule has 6 aromatic rings. The van der Waals surface area contributed by atoms with Crippen molar-refractivity contribution in [2.24, 2.45) is 0 Å². The summed E-state index contributed by atoms with van der Waals surface area (Å²) in [6.45, 7) is 5.40. The van der Waals surface area contributed by atoms with Crippen LogP contribution >= 0.6 is 0 Å². The van der Waals surface area contributed by atoms with Crippen molar-refractivity contribution >= 4 is 10.9 Å². The minimum Gasteiger partial charge on any atom is -0.468 e. The fraction of sp³-hybridized carbons (Fsp3) is 0.200. The number of aromatic nitrogens is 5. The van der Waals surface area contributed by atoms with Crippen LogP contribution in [0.3, 0.4) is 0 Å². The Morgan fingerprint density at radius 3 is 2.38 bits per heavy atom. The Labute approximate surface area is 224 Å². The highest BCUT2D eigenvalue weighted by molar-refractivity contribution is 5.81. The van der Waals surface area contributed by atoms with Crippen LogP contribution in [0, 0.1) is 13.8 Å². The smallest absolute Gasteiger partial charge is 0.253 e. The lowest BCUT2D eigenvalue weighted by Gasteiger charge is -2.30. The number of aromatic amines is 1. The molecule has 1 atom stereocenters. The molecular formula is C30H28N6O3. The number of nitrogens with zero attached hydrogens (tertiary/aromatic N) is 5. The summed E-state index contributed by atoms with van der Waals surface area (Å²) >= 11 is 0. The summed E-state index contributed by atoms with van der Waals surface area (Å²) in [6.07, 6.45) is 3.27. The van der Waals surface area contributed by atoms with Crippen LogP contribution in [0.1, 0.15) is 45.6 Å². The van der Waals surface area contributed by atoms with E-state index in [-0.39, 0.29) is 5.56 Å². The van der Waals surface area contributed by atoms with Crippen molar-refractivity contribution in [2.45, 2.75) is 39.5 Å². The molecule has 196 valence electrons. The molecule has 1 unspecified atom stereocenters. The number of H-pyrrole nitrogens is 1. The van der Waals surface area contributed by atoms with E-state index >= 15 is 0 Å². The van der Waals surface area contributed by atoms with Crippen molar-refractivity contribution < 1.29 is 8.83 Å². The van der Waals surface area contributed by atoms with Gasteiger partial charge in [-0.25, -0.2) is 4.68 Å². The monoisotopic (exact) mass is 520 g/mol. The molecule has 2 aromatic carbocycles. The van der Waals surface area contributed by atoms with Gasteiger partial charge in [0, 0.05) is 17.6 Å². The molecule has 39 heavy (non-hydrogen) atoms. The highest BCUT2D eigenvalue weighted by Crippen LogP contribution is 2.31. The molecule has 6 rings (SSSR count). The van der Waals surface area contributed by atoms with E-state index in [0.717, 1.165) is 33.4 Å². The number of rotatable bonds is 9. The lowest BCUT2D eigenvalue weighted by atomic mass is 10.00. The minimum atomic E-state index is -0.588. The van der Waals surface area contributed by atoms with E-state index in [2.05, 4.69) is 50.5 Å². The van der Waals surface area contributed by atoms with Gasteiger partial charge in [0.15, 0.2) is 5.82 Å². The van der Waals surface area contributed by atoms with E-state index < -0.39 is 6.04 Å². The standard InChI is InChI=1S/C30H28N6O3/c1-20-14-23-16-26(30(37)31-27(23)15-21(20)2)28(29-32-33-34-36(29)19-25-11-7-13-39-25)35(18-24-10-6-12-38-24)17-22-8-4-3-5-9-22/h3-16,28H,17-19H2,1-2H3,(H,31,37). The van der Waals surface area contributed by atoms with Gasteiger partial charge in [-0.15, -0.1) is 5.10 Å². The van der Waals surface area contributed by atoms with E-state index in [1.807, 2.05) is 61.5 Å². The fourth-order valence-electron chi connectivity index (χ4n) is 4.93. The van der Waals surface area contributed by atoms with E-state index in [1.54, 1.807) is 17.2 Å². The van der Waals surface area contributed by atoms with Gasteiger partial charge >= 0.3 is 0 Å². The average molecular weight is 521 g/mol. The van der Waals surface area contributed by atoms with Gasteiger partial charge in [-0.1, -0.05) is 30.3 Å². The van der Waals surface area contributed by atoms with Crippen molar-refractivity contribution in [3.8, 4) is 0 Å². The lowest BCUT2D eigenvalue weighted by molar-refractivity contribution is 0.179. The van der Waals surface area contributed by atoms with Crippen molar-refractivity contribution in [3.63, 3.8) is 0 Å². The second-order valence-corrected chi connectivity index (χ2v) is 9.72. The Balaban J connectivity index is 1.53. The summed E-state index contributed by atoms with van der Waals surface area (Å²) in [7, 11) is 0. The van der Waals surface area contributed by atoms with Crippen LogP contribution in [-0.2, 0) is 19.6 Å². The van der Waals surface area contributed by atoms with Gasteiger partial charge in [0.05, 0.1) is 19.1 Å². The van der Waals surface area contributed by atoms with Gasteiger partial charge in [0.25, 0.3) is 5.56 Å². The van der Waals surface area contributed by atoms with Crippen molar-refractivity contribution in [3.05, 3.63) is 135 Å². The van der Waals surface area contributed by atoms with Crippen molar-refractivity contribution in [1.29, 1.82) is 0 Å². The molecule has 0 aliphatic heterocycles. The number of aryl methyl sites for hydroxylation is 2. The first-order valence-electron chi connectivity index (χ1n) is 12.8. The first-order chi connectivity index (χ1) is 19.0. The number of benzene rings is 2. The quantitative estimate of drug-likeness (QED) is 0.281. The van der Waals surface area contributed by atoms with Crippen LogP contribution in [-0.4, -0.2) is 30.1 Å². The van der Waals surface area contributed by atoms with Gasteiger partial charge in [0.1, 0.15) is 24.1 Å². The minimum absolute atomic E-state index is 0.194. The Morgan fingerprint density at radius 2 is 1.64 bits per heavy atom. The zero-order valence-corrected chi connectivity index (χ0v) is 21.7. The molecule has 0 aliphatic carbocycles. The van der Waals surface area contributed by atoms with E-state index in [4.69, 9.17) is 8.83 Å². The van der Waals surface area contributed by atoms with Crippen LogP contribution in [0.4, 0.5) is 0 Å². The largest absolute Gasteiger partial charge is 0.468 e. The molecule has 0 amide bonds. The number of nitrogens with one attached hydrogen (secondary N) is 1. The zero-order chi connectivity index (χ0) is 26.8. The van der Waals surface area contributed by atoms with Crippen LogP contribution in [0.5, 0.6) is 0 Å². The Bertz CT molecular complexity index is 1740. The predicted molar refractivity (Wildman–Crippen MR) is 146 cm³/mol. The third kappa shape index (κ3) is 5.17. The molecule has 4 heterocycles. The number of hydrogen-bond donors (Lipinski definition) is 1. The summed E-state index contributed by atoms with van der Waals surface area (Å²) in [5.41, 5.74) is 4.50. The number of pyridine rings is 1. The summed E-state index contributed by atoms with van der Waals surface area (Å²) in [5, 5.41) is 13.7. The molecule has 9 heteroatoms. The molecule has 0 fully saturated rings. The number of fused-ring (bicyclic) bond motifs is 1. The third-order valence-electron chi connectivity index (χ3n) is 7.00. The van der Waals surface area contributed by atoms with Gasteiger partial charge in [-0.05, 0) is 88.8 Å². The predicted octanol–water partition coefficient (Wildman–Crippen LogP) is 5.16. The molecule has 0 radical (unpaired) electrons. The first-order valence-corrected chi connectivity index (χ1v) is 12.8. The zero-order valence-electron chi connectivity index (χ0n) is 21.7. The molecule has 0 saturated carbocycles. The molecule has 4 aromatic heterocycles. The van der Waals surface area contributed by atoms with Gasteiger partial charge < -0.3 is 13.8 Å². The molecule has 0 aliphatic rings. The summed E-state index contributed by atoms with van der Waals surface area (Å²) in [4.78, 5) is 19.0. The molecule has 1 N–H and O–H groups in total. The summed E-state index contributed by atoms with van der Waals surface area (Å²) in [6, 6.07) is 23.1. The SMILES string of the molecule is Cc1cc2cc(C(c3nnnn3Cc3ccco3)N(Cc3ccccc3)Cc3ccco3)c(=O)[nH]c2cc1C. The highest BCUT2D eigenvalue weighted by atomic mass is 16.3. The van der Waals surface area contributed by atoms with Crippen LogP contribution in [0.2, 0.25) is 0 Å². The highest BCUT2D eigenvalue weighted by Gasteiger charge is 2.31. The first kappa shape index (κ1) is 24.6. The number of hydrogen-bond acceptors (Lipinski definition) is 7. The molecule has 0 bridgehead atoms. The topological polar surface area (TPSA) is 106 Å². The second kappa shape index (κ2) is 10.5. The van der Waals surface area contributed by atoms with E-state index in [9.17, 15) is 4.79 Å². The molecule has 0 spiro atoms. The Kier molecular flexibility index (Phi) is 6.64. The normalized spacial score (nSPS) is 12.4. The maximum Gasteiger partial charge on any atom is 0.253 e. The Hall–Kier alpha value is -4.76. The van der Waals surface area contributed by atoms with E-state index in [0.29, 0.717) is 36.8 Å². The van der Waals surface area contributed by atoms with Crippen LogP contribution in [0.15, 0.2) is 99.0 Å². The van der Waals surface area contributed by atoms with Crippen LogP contribution < -0.4 is 5.56 Å². The van der Waals surface area contributed by atoms with Gasteiger partial charge in [-0.2, -0.15) is 0 Å². The van der Waals surface area contributed by atoms with Gasteiger partial charge in [0.2, 0.25) is 0 Å². The maximum absolute atomic E-state index is 13.8. The van der Waals surface area contributed by atoms with Gasteiger partial charge in [-0.3, -0.25) is 9.69 Å². The summed E-state index contributed by atoms with van der Waals surface area (Å²) in [5.74, 6) is 2.01. The third-order valence-corrected chi connectivity index (χ3v) is 7.00. The molecule has 0 saturated heterocycles. The van der Waals surface area contributed by atoms with Crippen molar-refractivity contribution in [1.82, 2.24) is 30.1 Å².